The molecule has 0 saturated carbocycles. The van der Waals surface area contributed by atoms with Crippen molar-refractivity contribution in [2.24, 2.45) is 0 Å². The molecule has 0 heteroatoms. The Hall–Kier alpha value is -1.56. The van der Waals surface area contributed by atoms with Crippen LogP contribution in [0, 0.1) is 0 Å². The van der Waals surface area contributed by atoms with Gasteiger partial charge in [-0.05, 0) is 42.0 Å². The van der Waals surface area contributed by atoms with Crippen LogP contribution >= 0.6 is 0 Å². The summed E-state index contributed by atoms with van der Waals surface area (Å²) < 4.78 is 0. The lowest BCUT2D eigenvalue weighted by atomic mass is 9.97. The van der Waals surface area contributed by atoms with E-state index in [1.165, 1.54) is 54.9 Å². The molecule has 2 aromatic rings. The highest BCUT2D eigenvalue weighted by Crippen LogP contribution is 2.24. The zero-order valence-corrected chi connectivity index (χ0v) is 12.9. The van der Waals surface area contributed by atoms with Crippen molar-refractivity contribution in [1.29, 1.82) is 0 Å². The van der Waals surface area contributed by atoms with Gasteiger partial charge in [0, 0.05) is 0 Å². The summed E-state index contributed by atoms with van der Waals surface area (Å²) in [5.41, 5.74) is 3.00. The first-order valence-electron chi connectivity index (χ1n) is 8.02. The highest BCUT2D eigenvalue weighted by Gasteiger charge is 2.01. The quantitative estimate of drug-likeness (QED) is 0.529. The molecule has 106 valence electrons. The number of unbranched alkanes of at least 4 members (excludes halogenated alkanes) is 2. The molecule has 0 saturated heterocycles. The molecule has 0 aromatic heterocycles. The standard InChI is InChI=1S/C20H26/c1-3-5-10-17(11-6-4-2)16-19-14-9-13-18-12-7-8-15-20(18)19/h7-9,12-16H,3-6,10-11H2,1-2H3. The minimum Gasteiger partial charge on any atom is -0.0696 e. The van der Waals surface area contributed by atoms with E-state index in [2.05, 4.69) is 62.4 Å². The van der Waals surface area contributed by atoms with E-state index < -0.39 is 0 Å². The summed E-state index contributed by atoms with van der Waals surface area (Å²) in [5, 5.41) is 2.71. The van der Waals surface area contributed by atoms with Gasteiger partial charge in [-0.3, -0.25) is 0 Å². The molecule has 0 aliphatic heterocycles. The minimum absolute atomic E-state index is 1.25. The van der Waals surface area contributed by atoms with Crippen molar-refractivity contribution < 1.29 is 0 Å². The van der Waals surface area contributed by atoms with Gasteiger partial charge in [-0.2, -0.15) is 0 Å². The van der Waals surface area contributed by atoms with Gasteiger partial charge in [-0.25, -0.2) is 0 Å². The van der Waals surface area contributed by atoms with E-state index in [9.17, 15) is 0 Å². The first-order valence-corrected chi connectivity index (χ1v) is 8.02. The lowest BCUT2D eigenvalue weighted by Crippen LogP contribution is -1.87. The predicted molar refractivity (Wildman–Crippen MR) is 91.0 cm³/mol. The molecule has 0 N–H and O–H groups in total. The number of fused-ring (bicyclic) bond motifs is 1. The Morgan fingerprint density at radius 1 is 0.850 bits per heavy atom. The second-order valence-electron chi connectivity index (χ2n) is 5.58. The highest BCUT2D eigenvalue weighted by molar-refractivity contribution is 5.90. The Morgan fingerprint density at radius 3 is 2.20 bits per heavy atom. The van der Waals surface area contributed by atoms with Crippen molar-refractivity contribution in [2.45, 2.75) is 52.4 Å². The van der Waals surface area contributed by atoms with E-state index in [0.29, 0.717) is 0 Å². The van der Waals surface area contributed by atoms with Gasteiger partial charge in [0.25, 0.3) is 0 Å². The topological polar surface area (TPSA) is 0 Å². The van der Waals surface area contributed by atoms with E-state index in [1.807, 2.05) is 0 Å². The van der Waals surface area contributed by atoms with Crippen LogP contribution in [0.15, 0.2) is 48.0 Å². The smallest absolute Gasteiger partial charge is 0.0111 e. The van der Waals surface area contributed by atoms with E-state index in [1.54, 1.807) is 5.57 Å². The Kier molecular flexibility index (Phi) is 5.86. The molecule has 0 fully saturated rings. The van der Waals surface area contributed by atoms with E-state index in [0.717, 1.165) is 0 Å². The average Bonchev–Trinajstić information content (AvgIpc) is 2.50. The number of rotatable bonds is 7. The van der Waals surface area contributed by atoms with Gasteiger partial charge in [0.05, 0.1) is 0 Å². The van der Waals surface area contributed by atoms with Crippen molar-refractivity contribution in [3.05, 3.63) is 53.6 Å². The zero-order chi connectivity index (χ0) is 14.2. The monoisotopic (exact) mass is 266 g/mol. The van der Waals surface area contributed by atoms with Crippen LogP contribution in [0.1, 0.15) is 57.9 Å². The fraction of sp³-hybridized carbons (Fsp3) is 0.400. The predicted octanol–water partition coefficient (Wildman–Crippen LogP) is 6.60. The number of benzene rings is 2. The van der Waals surface area contributed by atoms with Crippen molar-refractivity contribution in [1.82, 2.24) is 0 Å². The minimum atomic E-state index is 1.25. The molecule has 2 rings (SSSR count). The maximum absolute atomic E-state index is 2.44. The van der Waals surface area contributed by atoms with Crippen LogP contribution < -0.4 is 0 Å². The van der Waals surface area contributed by atoms with Crippen LogP contribution in [-0.4, -0.2) is 0 Å². The third-order valence-electron chi connectivity index (χ3n) is 3.89. The molecule has 0 heterocycles. The van der Waals surface area contributed by atoms with Gasteiger partial charge < -0.3 is 0 Å². The van der Waals surface area contributed by atoms with Crippen LogP contribution in [0.25, 0.3) is 16.8 Å². The molecule has 0 radical (unpaired) electrons. The first-order chi connectivity index (χ1) is 9.85. The summed E-state index contributed by atoms with van der Waals surface area (Å²) in [6, 6.07) is 15.3. The molecule has 0 unspecified atom stereocenters. The molecule has 2 aromatic carbocycles. The lowest BCUT2D eigenvalue weighted by molar-refractivity contribution is 0.717. The summed E-state index contributed by atoms with van der Waals surface area (Å²) in [7, 11) is 0. The van der Waals surface area contributed by atoms with Gasteiger partial charge in [0.1, 0.15) is 0 Å². The van der Waals surface area contributed by atoms with Gasteiger partial charge in [0.15, 0.2) is 0 Å². The van der Waals surface area contributed by atoms with Crippen molar-refractivity contribution in [3.63, 3.8) is 0 Å². The van der Waals surface area contributed by atoms with E-state index >= 15 is 0 Å². The number of hydrogen-bond acceptors (Lipinski definition) is 0. The molecule has 0 aliphatic rings. The van der Waals surface area contributed by atoms with E-state index in [-0.39, 0.29) is 0 Å². The second-order valence-corrected chi connectivity index (χ2v) is 5.58. The maximum Gasteiger partial charge on any atom is -0.0111 e. The molecular formula is C20H26. The molecule has 0 spiro atoms. The summed E-state index contributed by atoms with van der Waals surface area (Å²) in [5.74, 6) is 0. The molecule has 0 aliphatic carbocycles. The van der Waals surface area contributed by atoms with Crippen molar-refractivity contribution in [2.75, 3.05) is 0 Å². The van der Waals surface area contributed by atoms with Crippen LogP contribution in [0.2, 0.25) is 0 Å². The number of hydrogen-bond donors (Lipinski definition) is 0. The Labute approximate surface area is 123 Å². The largest absolute Gasteiger partial charge is 0.0696 e. The van der Waals surface area contributed by atoms with Crippen LogP contribution in [0.3, 0.4) is 0 Å². The van der Waals surface area contributed by atoms with Gasteiger partial charge >= 0.3 is 0 Å². The number of allylic oxidation sites excluding steroid dienone is 1. The Morgan fingerprint density at radius 2 is 1.50 bits per heavy atom. The summed E-state index contributed by atoms with van der Waals surface area (Å²) in [6.07, 6.45) is 10.1. The van der Waals surface area contributed by atoms with Gasteiger partial charge in [-0.1, -0.05) is 80.8 Å². The zero-order valence-electron chi connectivity index (χ0n) is 12.9. The summed E-state index contributed by atoms with van der Waals surface area (Å²) >= 11 is 0. The molecule has 0 amide bonds. The lowest BCUT2D eigenvalue weighted by Gasteiger charge is -2.08. The fourth-order valence-corrected chi connectivity index (χ4v) is 2.67. The third kappa shape index (κ3) is 3.96. The molecule has 0 atom stereocenters. The Balaban J connectivity index is 2.31. The van der Waals surface area contributed by atoms with Crippen molar-refractivity contribution in [3.8, 4) is 0 Å². The van der Waals surface area contributed by atoms with E-state index in [4.69, 9.17) is 0 Å². The fourth-order valence-electron chi connectivity index (χ4n) is 2.67. The second kappa shape index (κ2) is 7.89. The first kappa shape index (κ1) is 14.8. The van der Waals surface area contributed by atoms with Gasteiger partial charge in [0.2, 0.25) is 0 Å². The van der Waals surface area contributed by atoms with Crippen LogP contribution in [-0.2, 0) is 0 Å². The highest BCUT2D eigenvalue weighted by atomic mass is 14.1. The van der Waals surface area contributed by atoms with Gasteiger partial charge in [-0.15, -0.1) is 0 Å². The van der Waals surface area contributed by atoms with Crippen LogP contribution in [0.5, 0.6) is 0 Å². The third-order valence-corrected chi connectivity index (χ3v) is 3.89. The SMILES string of the molecule is CCCCC(=Cc1cccc2ccccc12)CCCC. The average molecular weight is 266 g/mol. The summed E-state index contributed by atoms with van der Waals surface area (Å²) in [6.45, 7) is 4.55. The maximum atomic E-state index is 2.44. The van der Waals surface area contributed by atoms with Crippen LogP contribution in [0.4, 0.5) is 0 Å². The summed E-state index contributed by atoms with van der Waals surface area (Å²) in [4.78, 5) is 0. The Bertz CT molecular complexity index is 548. The normalized spacial score (nSPS) is 10.7. The van der Waals surface area contributed by atoms with Crippen molar-refractivity contribution >= 4 is 16.8 Å². The molecule has 0 bridgehead atoms. The molecule has 20 heavy (non-hydrogen) atoms. The molecular weight excluding hydrogens is 240 g/mol. The molecule has 0 nitrogen and oxygen atoms in total.